The minimum absolute atomic E-state index is 0.194. The molecule has 0 saturated heterocycles. The molecule has 1 heterocycles. The summed E-state index contributed by atoms with van der Waals surface area (Å²) in [4.78, 5) is 56.8. The average molecular weight is 761 g/mol. The summed E-state index contributed by atoms with van der Waals surface area (Å²) in [6.45, 7) is 6.09. The van der Waals surface area contributed by atoms with Crippen LogP contribution in [-0.4, -0.2) is 59.1 Å². The van der Waals surface area contributed by atoms with E-state index < -0.39 is 47.5 Å². The van der Waals surface area contributed by atoms with Crippen LogP contribution in [0.4, 0.5) is 10.5 Å². The Balaban J connectivity index is 1.26. The van der Waals surface area contributed by atoms with Crippen LogP contribution in [0.25, 0.3) is 10.9 Å². The number of unbranched alkanes of at least 4 members (excludes halogenated alkanes) is 1. The Morgan fingerprint density at radius 1 is 0.714 bits per heavy atom. The number of para-hydroxylation sites is 2. The maximum atomic E-state index is 14.1. The molecule has 0 aliphatic heterocycles. The summed E-state index contributed by atoms with van der Waals surface area (Å²) >= 11 is 0. The third kappa shape index (κ3) is 13.0. The number of nitrogens with one attached hydrogen (secondary N) is 5. The Morgan fingerprint density at radius 3 is 2.09 bits per heavy atom. The molecule has 294 valence electrons. The quantitative estimate of drug-likeness (QED) is 0.0580. The lowest BCUT2D eigenvalue weighted by molar-refractivity contribution is -0.131. The zero-order valence-electron chi connectivity index (χ0n) is 32.2. The second kappa shape index (κ2) is 20.0. The summed E-state index contributed by atoms with van der Waals surface area (Å²) in [7, 11) is 0. The number of aromatic amines is 1. The highest BCUT2D eigenvalue weighted by Gasteiger charge is 2.29. The van der Waals surface area contributed by atoms with Gasteiger partial charge in [-0.1, -0.05) is 78.9 Å². The summed E-state index contributed by atoms with van der Waals surface area (Å²) < 4.78 is 11.2. The standard InChI is InChI=1S/C44H52N6O6/c1-44(2,3)56-43(54)46-25-13-12-20-38(49-40(51)36(45)26-30-21-23-34(24-22-30)55-29-31-14-6-4-7-15-31)41(52)50-39(42(53)48-33-16-8-5-9-17-33)27-32-28-47-37-19-11-10-18-35(32)37/h4-11,14-19,21-24,28,36,38-39,47H,12-13,20,25-27,29,45H2,1-3H3,(H,46,54)(H,48,53)(H,49,51)(H,50,52)/t36-,38-,39-/m0/s1. The van der Waals surface area contributed by atoms with E-state index in [1.54, 1.807) is 32.9 Å². The molecule has 0 aliphatic rings. The van der Waals surface area contributed by atoms with Crippen LogP contribution in [0.5, 0.6) is 5.75 Å². The molecule has 5 rings (SSSR count). The zero-order chi connectivity index (χ0) is 39.9. The highest BCUT2D eigenvalue weighted by atomic mass is 16.6. The predicted octanol–water partition coefficient (Wildman–Crippen LogP) is 6.16. The number of benzene rings is 4. The molecule has 56 heavy (non-hydrogen) atoms. The molecule has 0 bridgehead atoms. The number of nitrogens with two attached hydrogens (primary N) is 1. The van der Waals surface area contributed by atoms with E-state index in [4.69, 9.17) is 15.2 Å². The largest absolute Gasteiger partial charge is 0.489 e. The highest BCUT2D eigenvalue weighted by Crippen LogP contribution is 2.20. The molecule has 4 aromatic carbocycles. The Bertz CT molecular complexity index is 2030. The molecule has 0 unspecified atom stereocenters. The predicted molar refractivity (Wildman–Crippen MR) is 218 cm³/mol. The first-order valence-electron chi connectivity index (χ1n) is 18.9. The number of carbonyl (C=O) groups is 4. The maximum Gasteiger partial charge on any atom is 0.407 e. The smallest absolute Gasteiger partial charge is 0.407 e. The van der Waals surface area contributed by atoms with Gasteiger partial charge in [-0.25, -0.2) is 4.79 Å². The number of hydrogen-bond acceptors (Lipinski definition) is 7. The van der Waals surface area contributed by atoms with Gasteiger partial charge in [0.2, 0.25) is 17.7 Å². The molecule has 0 fully saturated rings. The van der Waals surface area contributed by atoms with E-state index in [1.807, 2.05) is 103 Å². The van der Waals surface area contributed by atoms with Crippen molar-refractivity contribution in [1.29, 1.82) is 0 Å². The van der Waals surface area contributed by atoms with Gasteiger partial charge in [-0.2, -0.15) is 0 Å². The van der Waals surface area contributed by atoms with E-state index in [0.717, 1.165) is 27.6 Å². The number of rotatable bonds is 18. The van der Waals surface area contributed by atoms with Gasteiger partial charge in [0, 0.05) is 35.8 Å². The van der Waals surface area contributed by atoms with Crippen molar-refractivity contribution >= 4 is 40.4 Å². The molecule has 0 spiro atoms. The Hall–Kier alpha value is -6.14. The first kappa shape index (κ1) is 41.0. The van der Waals surface area contributed by atoms with Crippen LogP contribution in [0, 0.1) is 0 Å². The number of alkyl carbamates (subject to hydrolysis) is 1. The van der Waals surface area contributed by atoms with Crippen molar-refractivity contribution in [2.75, 3.05) is 11.9 Å². The number of hydrogen-bond donors (Lipinski definition) is 6. The summed E-state index contributed by atoms with van der Waals surface area (Å²) in [5.41, 5.74) is 9.98. The van der Waals surface area contributed by atoms with Gasteiger partial charge in [-0.05, 0) is 93.5 Å². The minimum Gasteiger partial charge on any atom is -0.489 e. The van der Waals surface area contributed by atoms with Crippen molar-refractivity contribution in [3.63, 3.8) is 0 Å². The Labute approximate surface area is 327 Å². The summed E-state index contributed by atoms with van der Waals surface area (Å²) in [6.07, 6.45) is 2.92. The van der Waals surface area contributed by atoms with E-state index in [9.17, 15) is 19.2 Å². The van der Waals surface area contributed by atoms with Gasteiger partial charge in [0.05, 0.1) is 6.04 Å². The van der Waals surface area contributed by atoms with Crippen LogP contribution in [-0.2, 0) is 38.6 Å². The van der Waals surface area contributed by atoms with Gasteiger partial charge in [-0.15, -0.1) is 0 Å². The van der Waals surface area contributed by atoms with E-state index in [-0.39, 0.29) is 19.3 Å². The monoisotopic (exact) mass is 760 g/mol. The molecule has 7 N–H and O–H groups in total. The number of ether oxygens (including phenoxy) is 2. The van der Waals surface area contributed by atoms with Crippen LogP contribution in [0.3, 0.4) is 0 Å². The average Bonchev–Trinajstić information content (AvgIpc) is 3.59. The third-order valence-electron chi connectivity index (χ3n) is 8.96. The van der Waals surface area contributed by atoms with Crippen molar-refractivity contribution in [1.82, 2.24) is 20.9 Å². The Morgan fingerprint density at radius 2 is 1.38 bits per heavy atom. The molecule has 12 heteroatoms. The van der Waals surface area contributed by atoms with Gasteiger partial charge >= 0.3 is 6.09 Å². The second-order valence-corrected chi connectivity index (χ2v) is 14.7. The molecule has 5 aromatic rings. The van der Waals surface area contributed by atoms with Gasteiger partial charge < -0.3 is 41.5 Å². The van der Waals surface area contributed by atoms with Gasteiger partial charge in [0.1, 0.15) is 30.0 Å². The lowest BCUT2D eigenvalue weighted by Crippen LogP contribution is -2.55. The van der Waals surface area contributed by atoms with Gasteiger partial charge in [0.15, 0.2) is 0 Å². The van der Waals surface area contributed by atoms with Crippen LogP contribution in [0.2, 0.25) is 0 Å². The molecule has 0 saturated carbocycles. The maximum absolute atomic E-state index is 14.1. The molecular weight excluding hydrogens is 709 g/mol. The number of aromatic nitrogens is 1. The number of anilines is 1. The second-order valence-electron chi connectivity index (χ2n) is 14.7. The van der Waals surface area contributed by atoms with Crippen molar-refractivity contribution in [3.8, 4) is 5.75 Å². The molecule has 0 radical (unpaired) electrons. The van der Waals surface area contributed by atoms with Crippen molar-refractivity contribution in [2.45, 2.75) is 83.2 Å². The number of amides is 4. The lowest BCUT2D eigenvalue weighted by atomic mass is 10.0. The highest BCUT2D eigenvalue weighted by molar-refractivity contribution is 5.99. The lowest BCUT2D eigenvalue weighted by Gasteiger charge is -2.24. The van der Waals surface area contributed by atoms with E-state index in [1.165, 1.54) is 0 Å². The topological polar surface area (TPSA) is 177 Å². The molecule has 12 nitrogen and oxygen atoms in total. The molecule has 3 atom stereocenters. The first-order valence-corrected chi connectivity index (χ1v) is 18.9. The van der Waals surface area contributed by atoms with Crippen LogP contribution < -0.4 is 31.7 Å². The van der Waals surface area contributed by atoms with Crippen LogP contribution >= 0.6 is 0 Å². The van der Waals surface area contributed by atoms with Gasteiger partial charge in [-0.3, -0.25) is 14.4 Å². The third-order valence-corrected chi connectivity index (χ3v) is 8.96. The van der Waals surface area contributed by atoms with Crippen LogP contribution in [0.1, 0.15) is 56.7 Å². The van der Waals surface area contributed by atoms with Crippen molar-refractivity contribution < 1.29 is 28.7 Å². The first-order chi connectivity index (χ1) is 26.9. The number of carbonyl (C=O) groups excluding carboxylic acids is 4. The molecular formula is C44H52N6O6. The fourth-order valence-electron chi connectivity index (χ4n) is 6.09. The van der Waals surface area contributed by atoms with E-state index in [2.05, 4.69) is 26.3 Å². The molecule has 4 amide bonds. The summed E-state index contributed by atoms with van der Waals surface area (Å²) in [6, 6.07) is 31.0. The van der Waals surface area contributed by atoms with E-state index in [0.29, 0.717) is 37.4 Å². The fourth-order valence-corrected chi connectivity index (χ4v) is 6.09. The molecule has 0 aliphatic carbocycles. The minimum atomic E-state index is -1.01. The van der Waals surface area contributed by atoms with Crippen LogP contribution in [0.15, 0.2) is 115 Å². The normalized spacial score (nSPS) is 12.9. The summed E-state index contributed by atoms with van der Waals surface area (Å²) in [5.74, 6) is -0.761. The zero-order valence-corrected chi connectivity index (χ0v) is 32.2. The SMILES string of the molecule is CC(C)(C)OC(=O)NCCCC[C@H](NC(=O)[C@@H](N)Cc1ccc(OCc2ccccc2)cc1)C(=O)N[C@@H](Cc1c[nH]c2ccccc12)C(=O)Nc1ccccc1. The van der Waals surface area contributed by atoms with Gasteiger partial charge in [0.25, 0.3) is 0 Å². The summed E-state index contributed by atoms with van der Waals surface area (Å²) in [5, 5.41) is 12.3. The fraction of sp³-hybridized carbons (Fsp3) is 0.318. The molecule has 1 aromatic heterocycles. The van der Waals surface area contributed by atoms with Crippen molar-refractivity contribution in [3.05, 3.63) is 132 Å². The number of fused-ring (bicyclic) bond motifs is 1. The Kier molecular flexibility index (Phi) is 14.6. The van der Waals surface area contributed by atoms with Crippen molar-refractivity contribution in [2.24, 2.45) is 5.73 Å². The number of H-pyrrole nitrogens is 1. The van der Waals surface area contributed by atoms with E-state index >= 15 is 0 Å².